The Labute approximate surface area is 191 Å². The Morgan fingerprint density at radius 1 is 1.30 bits per heavy atom. The minimum atomic E-state index is -0.635. The molecule has 4 N–H and O–H groups in total. The van der Waals surface area contributed by atoms with Crippen LogP contribution in [0.5, 0.6) is 0 Å². The van der Waals surface area contributed by atoms with E-state index in [9.17, 15) is 9.90 Å². The van der Waals surface area contributed by atoms with Crippen molar-refractivity contribution < 1.29 is 5.11 Å². The van der Waals surface area contributed by atoms with Gasteiger partial charge < -0.3 is 20.4 Å². The third kappa shape index (κ3) is 3.01. The van der Waals surface area contributed by atoms with Crippen LogP contribution in [0.4, 0.5) is 0 Å². The van der Waals surface area contributed by atoms with Gasteiger partial charge in [-0.25, -0.2) is 0 Å². The molecule has 33 heavy (non-hydrogen) atoms. The number of benzene rings is 1. The number of nitrogens with zero attached hydrogens (tertiary/aromatic N) is 4. The van der Waals surface area contributed by atoms with E-state index in [2.05, 4.69) is 27.3 Å². The molecule has 1 unspecified atom stereocenters. The average molecular weight is 445 g/mol. The Hall–Kier alpha value is -3.23. The van der Waals surface area contributed by atoms with Gasteiger partial charge in [0.1, 0.15) is 17.7 Å². The van der Waals surface area contributed by atoms with Gasteiger partial charge in [0.15, 0.2) is 0 Å². The van der Waals surface area contributed by atoms with Gasteiger partial charge >= 0.3 is 0 Å². The predicted octanol–water partition coefficient (Wildman–Crippen LogP) is 2.79. The largest absolute Gasteiger partial charge is 0.389 e. The van der Waals surface area contributed by atoms with Crippen LogP contribution in [-0.4, -0.2) is 35.5 Å². The summed E-state index contributed by atoms with van der Waals surface area (Å²) < 4.78 is 3.70. The van der Waals surface area contributed by atoms with Crippen molar-refractivity contribution in [2.75, 3.05) is 0 Å². The highest BCUT2D eigenvalue weighted by Crippen LogP contribution is 2.48. The highest BCUT2D eigenvalue weighted by Gasteiger charge is 2.48. The van der Waals surface area contributed by atoms with Gasteiger partial charge in [0, 0.05) is 42.1 Å². The molecule has 2 saturated carbocycles. The number of aliphatic hydroxyl groups is 1. The first-order chi connectivity index (χ1) is 15.9. The molecule has 170 valence electrons. The lowest BCUT2D eigenvalue weighted by Crippen LogP contribution is -2.51. The van der Waals surface area contributed by atoms with Crippen LogP contribution >= 0.6 is 0 Å². The summed E-state index contributed by atoms with van der Waals surface area (Å²) in [5.41, 5.74) is 10.2. The number of aryl methyl sites for hydroxylation is 1. The quantitative estimate of drug-likeness (QED) is 0.438. The summed E-state index contributed by atoms with van der Waals surface area (Å²) >= 11 is 0. The third-order valence-corrected chi connectivity index (χ3v) is 7.41. The molecule has 8 heteroatoms. The number of nitrogens with one attached hydrogen (secondary N) is 1. The summed E-state index contributed by atoms with van der Waals surface area (Å²) in [6.07, 6.45) is 8.61. The van der Waals surface area contributed by atoms with E-state index in [-0.39, 0.29) is 17.0 Å². The summed E-state index contributed by atoms with van der Waals surface area (Å²) in [4.78, 5) is 16.7. The lowest BCUT2D eigenvalue weighted by molar-refractivity contribution is 0.201. The van der Waals surface area contributed by atoms with Gasteiger partial charge in [0.25, 0.3) is 5.56 Å². The van der Waals surface area contributed by atoms with Crippen LogP contribution in [0.15, 0.2) is 47.8 Å². The molecule has 0 bridgehead atoms. The van der Waals surface area contributed by atoms with Crippen LogP contribution in [0.25, 0.3) is 16.6 Å². The van der Waals surface area contributed by atoms with Crippen LogP contribution in [0, 0.1) is 0 Å². The highest BCUT2D eigenvalue weighted by molar-refractivity contribution is 5.87. The van der Waals surface area contributed by atoms with Crippen molar-refractivity contribution in [3.63, 3.8) is 0 Å². The summed E-state index contributed by atoms with van der Waals surface area (Å²) in [5.74, 6) is 1.32. The smallest absolute Gasteiger partial charge is 0.279 e. The molecule has 1 aromatic carbocycles. The predicted molar refractivity (Wildman–Crippen MR) is 125 cm³/mol. The molecular weight excluding hydrogens is 416 g/mol. The number of hydrogen-bond donors (Lipinski definition) is 3. The summed E-state index contributed by atoms with van der Waals surface area (Å²) in [6.45, 7) is 1.74. The van der Waals surface area contributed by atoms with Crippen LogP contribution in [-0.2, 0) is 12.5 Å². The van der Waals surface area contributed by atoms with Gasteiger partial charge in [-0.1, -0.05) is 12.1 Å². The van der Waals surface area contributed by atoms with E-state index in [1.54, 1.807) is 24.0 Å². The number of aromatic nitrogens is 5. The minimum Gasteiger partial charge on any atom is -0.389 e. The van der Waals surface area contributed by atoms with Crippen molar-refractivity contribution in [3.8, 4) is 5.69 Å². The normalized spacial score (nSPS) is 23.6. The maximum Gasteiger partial charge on any atom is 0.279 e. The molecule has 6 rings (SSSR count). The van der Waals surface area contributed by atoms with E-state index in [0.29, 0.717) is 11.4 Å². The number of fused-ring (bicyclic) bond motifs is 1. The lowest BCUT2D eigenvalue weighted by Gasteiger charge is -2.45. The van der Waals surface area contributed by atoms with Crippen molar-refractivity contribution in [2.24, 2.45) is 12.8 Å². The molecule has 0 saturated heterocycles. The van der Waals surface area contributed by atoms with Gasteiger partial charge in [-0.2, -0.15) is 0 Å². The summed E-state index contributed by atoms with van der Waals surface area (Å²) in [7, 11) is 1.95. The Morgan fingerprint density at radius 3 is 2.73 bits per heavy atom. The van der Waals surface area contributed by atoms with E-state index in [4.69, 9.17) is 5.73 Å². The van der Waals surface area contributed by atoms with Crippen molar-refractivity contribution in [3.05, 3.63) is 75.9 Å². The molecule has 2 aliphatic rings. The van der Waals surface area contributed by atoms with E-state index in [1.165, 1.54) is 0 Å². The molecular formula is C25H28N6O2. The van der Waals surface area contributed by atoms with Gasteiger partial charge in [-0.15, -0.1) is 10.2 Å². The molecule has 8 nitrogen and oxygen atoms in total. The third-order valence-electron chi connectivity index (χ3n) is 7.41. The maximum absolute atomic E-state index is 13.5. The van der Waals surface area contributed by atoms with Gasteiger partial charge in [0.05, 0.1) is 11.5 Å². The molecule has 4 aromatic rings. The fraction of sp³-hybridized carbons (Fsp3) is 0.400. The molecule has 0 amide bonds. The zero-order chi connectivity index (χ0) is 22.9. The zero-order valence-electron chi connectivity index (χ0n) is 18.8. The SMILES string of the molecule is CC(O)c1c[nH]c2c(=O)n(-c3cccc([C@]4(c5nncn5C)C[C@H](N)C4)c3)cc(C3CC3)c12. The molecule has 1 atom stereocenters. The fourth-order valence-corrected chi connectivity index (χ4v) is 5.58. The fourth-order valence-electron chi connectivity index (χ4n) is 5.58. The molecule has 0 aliphatic heterocycles. The van der Waals surface area contributed by atoms with E-state index in [0.717, 1.165) is 59.3 Å². The Morgan fingerprint density at radius 2 is 2.09 bits per heavy atom. The first kappa shape index (κ1) is 20.4. The molecule has 3 heterocycles. The number of nitrogens with two attached hydrogens (primary N) is 1. The molecule has 3 aromatic heterocycles. The zero-order valence-corrected chi connectivity index (χ0v) is 18.8. The summed E-state index contributed by atoms with van der Waals surface area (Å²) in [5, 5.41) is 19.6. The van der Waals surface area contributed by atoms with E-state index < -0.39 is 6.10 Å². The van der Waals surface area contributed by atoms with Crippen molar-refractivity contribution in [1.82, 2.24) is 24.3 Å². The van der Waals surface area contributed by atoms with E-state index >= 15 is 0 Å². The van der Waals surface area contributed by atoms with Gasteiger partial charge in [-0.05, 0) is 61.8 Å². The van der Waals surface area contributed by atoms with Crippen molar-refractivity contribution in [2.45, 2.75) is 56.1 Å². The van der Waals surface area contributed by atoms with Crippen molar-refractivity contribution in [1.29, 1.82) is 0 Å². The number of rotatable bonds is 5. The van der Waals surface area contributed by atoms with Crippen LogP contribution in [0.3, 0.4) is 0 Å². The number of H-pyrrole nitrogens is 1. The summed E-state index contributed by atoms with van der Waals surface area (Å²) in [6, 6.07) is 8.26. The Balaban J connectivity index is 1.53. The van der Waals surface area contributed by atoms with Crippen LogP contribution in [0.1, 0.15) is 67.1 Å². The number of aromatic amines is 1. The molecule has 0 spiro atoms. The molecule has 2 aliphatic carbocycles. The Kier molecular flexibility index (Phi) is 4.41. The number of hydrogen-bond acceptors (Lipinski definition) is 5. The highest BCUT2D eigenvalue weighted by atomic mass is 16.3. The van der Waals surface area contributed by atoms with Crippen LogP contribution < -0.4 is 11.3 Å². The first-order valence-electron chi connectivity index (χ1n) is 11.5. The first-order valence-corrected chi connectivity index (χ1v) is 11.5. The van der Waals surface area contributed by atoms with Crippen LogP contribution in [0.2, 0.25) is 0 Å². The Bertz CT molecular complexity index is 1420. The second-order valence-electron chi connectivity index (χ2n) is 9.77. The monoisotopic (exact) mass is 444 g/mol. The standard InChI is InChI=1S/C25H28N6O2/c1-14(32)19-11-27-22-21(19)20(15-6-7-15)12-31(23(22)33)18-5-3-4-16(8-18)25(9-17(26)10-25)24-29-28-13-30(24)2/h3-5,8,11-15,17,27,32H,6-7,9-10,26H2,1-2H3/t14?,17-,25-. The minimum absolute atomic E-state index is 0.114. The topological polar surface area (TPSA) is 115 Å². The lowest BCUT2D eigenvalue weighted by atomic mass is 9.61. The van der Waals surface area contributed by atoms with E-state index in [1.807, 2.05) is 29.9 Å². The number of pyridine rings is 1. The molecule has 0 radical (unpaired) electrons. The van der Waals surface area contributed by atoms with Crippen molar-refractivity contribution >= 4 is 10.9 Å². The average Bonchev–Trinajstić information content (AvgIpc) is 3.36. The molecule has 2 fully saturated rings. The second kappa shape index (κ2) is 7.13. The number of aliphatic hydroxyl groups excluding tert-OH is 1. The second-order valence-corrected chi connectivity index (χ2v) is 9.77. The van der Waals surface area contributed by atoms with Gasteiger partial charge in [-0.3, -0.25) is 9.36 Å². The maximum atomic E-state index is 13.5. The van der Waals surface area contributed by atoms with Gasteiger partial charge in [0.2, 0.25) is 0 Å².